The summed E-state index contributed by atoms with van der Waals surface area (Å²) in [5.74, 6) is 0. The zero-order valence-electron chi connectivity index (χ0n) is 11.4. The first-order chi connectivity index (χ1) is 6.42. The van der Waals surface area contributed by atoms with Crippen molar-refractivity contribution in [1.29, 1.82) is 0 Å². The summed E-state index contributed by atoms with van der Waals surface area (Å²) in [6.07, 6.45) is 1.27. The molecule has 92 valence electrons. The quantitative estimate of drug-likeness (QED) is 0.758. The van der Waals surface area contributed by atoms with E-state index >= 15 is 0 Å². The molecule has 2 atom stereocenters. The molecule has 15 heavy (non-hydrogen) atoms. The molecule has 0 aromatic rings. The topological polar surface area (TPSA) is 40.5 Å². The van der Waals surface area contributed by atoms with Crippen molar-refractivity contribution in [3.63, 3.8) is 0 Å². The molecule has 0 aliphatic carbocycles. The summed E-state index contributed by atoms with van der Waals surface area (Å²) in [5.41, 5.74) is -1.09. The van der Waals surface area contributed by atoms with Gasteiger partial charge in [-0.1, -0.05) is 34.6 Å². The van der Waals surface area contributed by atoms with Crippen LogP contribution >= 0.6 is 0 Å². The molecule has 0 fully saturated rings. The third kappa shape index (κ3) is 3.46. The van der Waals surface area contributed by atoms with Crippen molar-refractivity contribution in [1.82, 2.24) is 0 Å². The van der Waals surface area contributed by atoms with Crippen LogP contribution in [0.25, 0.3) is 0 Å². The van der Waals surface area contributed by atoms with E-state index in [1.807, 2.05) is 6.92 Å². The Labute approximate surface area is 94.7 Å². The zero-order chi connectivity index (χ0) is 12.5. The van der Waals surface area contributed by atoms with Gasteiger partial charge in [-0.2, -0.15) is 0 Å². The minimum absolute atomic E-state index is 0.158. The van der Waals surface area contributed by atoms with E-state index in [4.69, 9.17) is 0 Å². The molecule has 0 aliphatic heterocycles. The van der Waals surface area contributed by atoms with Crippen molar-refractivity contribution in [3.05, 3.63) is 0 Å². The van der Waals surface area contributed by atoms with Crippen molar-refractivity contribution in [2.75, 3.05) is 0 Å². The van der Waals surface area contributed by atoms with E-state index in [-0.39, 0.29) is 16.9 Å². The van der Waals surface area contributed by atoms with E-state index in [1.54, 1.807) is 6.92 Å². The standard InChI is InChI=1S/C13H28O2/c1-10(14)8-9-12(5,6)13(7,15)11(2,3)4/h10,14-15H,8-9H2,1-7H3. The predicted octanol–water partition coefficient (Wildman–Crippen LogP) is 2.97. The van der Waals surface area contributed by atoms with Crippen LogP contribution in [0, 0.1) is 10.8 Å². The Morgan fingerprint density at radius 3 is 1.67 bits per heavy atom. The average molecular weight is 216 g/mol. The van der Waals surface area contributed by atoms with Gasteiger partial charge < -0.3 is 10.2 Å². The number of hydrogen-bond acceptors (Lipinski definition) is 2. The largest absolute Gasteiger partial charge is 0.393 e. The van der Waals surface area contributed by atoms with Gasteiger partial charge in [0, 0.05) is 0 Å². The van der Waals surface area contributed by atoms with Gasteiger partial charge in [0.15, 0.2) is 0 Å². The molecule has 0 saturated heterocycles. The van der Waals surface area contributed by atoms with Crippen LogP contribution in [0.5, 0.6) is 0 Å². The van der Waals surface area contributed by atoms with Gasteiger partial charge in [0.05, 0.1) is 11.7 Å². The second-order valence-electron chi connectivity index (χ2n) is 6.59. The molecule has 0 rings (SSSR count). The van der Waals surface area contributed by atoms with Gasteiger partial charge in [-0.05, 0) is 37.5 Å². The van der Waals surface area contributed by atoms with Gasteiger partial charge >= 0.3 is 0 Å². The van der Waals surface area contributed by atoms with Gasteiger partial charge in [-0.25, -0.2) is 0 Å². The molecule has 0 heterocycles. The molecule has 0 radical (unpaired) electrons. The van der Waals surface area contributed by atoms with Crippen molar-refractivity contribution < 1.29 is 10.2 Å². The molecular weight excluding hydrogens is 188 g/mol. The predicted molar refractivity (Wildman–Crippen MR) is 64.8 cm³/mol. The second kappa shape index (κ2) is 4.42. The molecule has 0 spiro atoms. The first kappa shape index (κ1) is 14.9. The monoisotopic (exact) mass is 216 g/mol. The highest BCUT2D eigenvalue weighted by Crippen LogP contribution is 2.46. The fraction of sp³-hybridized carbons (Fsp3) is 1.00. The highest BCUT2D eigenvalue weighted by atomic mass is 16.3. The van der Waals surface area contributed by atoms with Crippen LogP contribution in [0.1, 0.15) is 61.3 Å². The van der Waals surface area contributed by atoms with Gasteiger partial charge in [0.2, 0.25) is 0 Å². The smallest absolute Gasteiger partial charge is 0.0718 e. The third-order valence-corrected chi connectivity index (χ3v) is 3.97. The van der Waals surface area contributed by atoms with Crippen molar-refractivity contribution in [2.45, 2.75) is 73.0 Å². The molecule has 0 amide bonds. The Morgan fingerprint density at radius 1 is 1.00 bits per heavy atom. The van der Waals surface area contributed by atoms with Gasteiger partial charge in [-0.15, -0.1) is 0 Å². The summed E-state index contributed by atoms with van der Waals surface area (Å²) in [4.78, 5) is 0. The summed E-state index contributed by atoms with van der Waals surface area (Å²) in [6, 6.07) is 0. The molecule has 2 nitrogen and oxygen atoms in total. The van der Waals surface area contributed by atoms with Crippen molar-refractivity contribution in [3.8, 4) is 0 Å². The lowest BCUT2D eigenvalue weighted by molar-refractivity contribution is -0.134. The normalized spacial score (nSPS) is 19.8. The summed E-state index contributed by atoms with van der Waals surface area (Å²) >= 11 is 0. The zero-order valence-corrected chi connectivity index (χ0v) is 11.4. The molecule has 0 aliphatic rings. The number of aliphatic hydroxyl groups excluding tert-OH is 1. The Morgan fingerprint density at radius 2 is 1.40 bits per heavy atom. The highest BCUT2D eigenvalue weighted by molar-refractivity contribution is 4.97. The molecule has 2 heteroatoms. The maximum Gasteiger partial charge on any atom is 0.0718 e. The minimum atomic E-state index is -0.741. The molecule has 0 aromatic heterocycles. The van der Waals surface area contributed by atoms with Crippen LogP contribution in [-0.4, -0.2) is 21.9 Å². The van der Waals surface area contributed by atoms with E-state index < -0.39 is 5.60 Å². The Hall–Kier alpha value is -0.0800. The number of hydrogen-bond donors (Lipinski definition) is 2. The van der Waals surface area contributed by atoms with Crippen LogP contribution in [0.4, 0.5) is 0 Å². The third-order valence-electron chi connectivity index (χ3n) is 3.97. The summed E-state index contributed by atoms with van der Waals surface area (Å²) < 4.78 is 0. The average Bonchev–Trinajstić information content (AvgIpc) is 1.98. The Kier molecular flexibility index (Phi) is 4.40. The minimum Gasteiger partial charge on any atom is -0.393 e. The molecule has 2 N–H and O–H groups in total. The lowest BCUT2D eigenvalue weighted by atomic mass is 9.61. The number of aliphatic hydroxyl groups is 2. The first-order valence-electron chi connectivity index (χ1n) is 5.82. The maximum atomic E-state index is 10.6. The van der Waals surface area contributed by atoms with Gasteiger partial charge in [-0.3, -0.25) is 0 Å². The Balaban J connectivity index is 4.70. The second-order valence-corrected chi connectivity index (χ2v) is 6.59. The molecule has 2 unspecified atom stereocenters. The maximum absolute atomic E-state index is 10.6. The lowest BCUT2D eigenvalue weighted by Crippen LogP contribution is -2.52. The van der Waals surface area contributed by atoms with Crippen LogP contribution in [0.15, 0.2) is 0 Å². The van der Waals surface area contributed by atoms with Crippen molar-refractivity contribution in [2.24, 2.45) is 10.8 Å². The molecule has 0 saturated carbocycles. The fourth-order valence-corrected chi connectivity index (χ4v) is 1.83. The molecule has 0 aromatic carbocycles. The van der Waals surface area contributed by atoms with Crippen LogP contribution in [-0.2, 0) is 0 Å². The van der Waals surface area contributed by atoms with E-state index in [0.29, 0.717) is 0 Å². The summed E-state index contributed by atoms with van der Waals surface area (Å²) in [7, 11) is 0. The fourth-order valence-electron chi connectivity index (χ4n) is 1.83. The first-order valence-corrected chi connectivity index (χ1v) is 5.82. The van der Waals surface area contributed by atoms with E-state index in [9.17, 15) is 10.2 Å². The SMILES string of the molecule is CC(O)CCC(C)(C)C(C)(O)C(C)(C)C. The van der Waals surface area contributed by atoms with E-state index in [0.717, 1.165) is 12.8 Å². The summed E-state index contributed by atoms with van der Waals surface area (Å²) in [5, 5.41) is 19.9. The lowest BCUT2D eigenvalue weighted by Gasteiger charge is -2.49. The van der Waals surface area contributed by atoms with E-state index in [1.165, 1.54) is 0 Å². The number of rotatable bonds is 4. The van der Waals surface area contributed by atoms with E-state index in [2.05, 4.69) is 34.6 Å². The van der Waals surface area contributed by atoms with Gasteiger partial charge in [0.1, 0.15) is 0 Å². The highest BCUT2D eigenvalue weighted by Gasteiger charge is 2.47. The van der Waals surface area contributed by atoms with Gasteiger partial charge in [0.25, 0.3) is 0 Å². The van der Waals surface area contributed by atoms with Crippen LogP contribution in [0.2, 0.25) is 0 Å². The Bertz CT molecular complexity index is 197. The van der Waals surface area contributed by atoms with Crippen LogP contribution < -0.4 is 0 Å². The van der Waals surface area contributed by atoms with Crippen molar-refractivity contribution >= 4 is 0 Å². The molecular formula is C13H28O2. The summed E-state index contributed by atoms with van der Waals surface area (Å²) in [6.45, 7) is 14.0. The molecule has 0 bridgehead atoms. The van der Waals surface area contributed by atoms with Crippen LogP contribution in [0.3, 0.4) is 0 Å².